The van der Waals surface area contributed by atoms with Crippen molar-refractivity contribution in [1.82, 2.24) is 4.40 Å². The summed E-state index contributed by atoms with van der Waals surface area (Å²) < 4.78 is 2.00. The highest BCUT2D eigenvalue weighted by atomic mass is 16.1. The maximum atomic E-state index is 13.1. The molecular formula is C21H17NO. The number of benzene rings is 2. The molecule has 0 aliphatic rings. The first-order valence-corrected chi connectivity index (χ1v) is 7.91. The van der Waals surface area contributed by atoms with Crippen LogP contribution in [0, 0.1) is 0 Å². The molecule has 0 spiro atoms. The van der Waals surface area contributed by atoms with Crippen molar-refractivity contribution in [3.8, 4) is 0 Å². The average molecular weight is 299 g/mol. The van der Waals surface area contributed by atoms with Gasteiger partial charge in [-0.3, -0.25) is 4.79 Å². The highest BCUT2D eigenvalue weighted by molar-refractivity contribution is 6.19. The van der Waals surface area contributed by atoms with Gasteiger partial charge in [-0.05, 0) is 24.1 Å². The number of nitrogens with zero attached hydrogens (tertiary/aromatic N) is 1. The summed E-state index contributed by atoms with van der Waals surface area (Å²) in [5, 5.41) is 2.12. The van der Waals surface area contributed by atoms with E-state index in [0.717, 1.165) is 34.0 Å². The van der Waals surface area contributed by atoms with E-state index in [1.807, 2.05) is 65.2 Å². The Morgan fingerprint density at radius 2 is 1.57 bits per heavy atom. The van der Waals surface area contributed by atoms with E-state index in [2.05, 4.69) is 19.1 Å². The van der Waals surface area contributed by atoms with Gasteiger partial charge in [0.25, 0.3) is 0 Å². The third kappa shape index (κ3) is 2.15. The van der Waals surface area contributed by atoms with Crippen LogP contribution in [0.4, 0.5) is 0 Å². The van der Waals surface area contributed by atoms with Gasteiger partial charge in [0.05, 0.1) is 5.52 Å². The van der Waals surface area contributed by atoms with Crippen molar-refractivity contribution in [2.24, 2.45) is 0 Å². The molecule has 0 bridgehead atoms. The molecule has 2 aromatic carbocycles. The summed E-state index contributed by atoms with van der Waals surface area (Å²) in [6.07, 6.45) is 2.94. The molecule has 0 amide bonds. The molecule has 2 nitrogen and oxygen atoms in total. The zero-order chi connectivity index (χ0) is 15.8. The molecule has 23 heavy (non-hydrogen) atoms. The summed E-state index contributed by atoms with van der Waals surface area (Å²) in [4.78, 5) is 13.1. The molecule has 112 valence electrons. The Labute approximate surface area is 135 Å². The fraction of sp³-hybridized carbons (Fsp3) is 0.0952. The Balaban J connectivity index is 1.97. The van der Waals surface area contributed by atoms with Gasteiger partial charge in [0.1, 0.15) is 5.69 Å². The van der Waals surface area contributed by atoms with E-state index in [1.165, 1.54) is 5.56 Å². The van der Waals surface area contributed by atoms with Crippen LogP contribution in [-0.2, 0) is 6.42 Å². The van der Waals surface area contributed by atoms with Gasteiger partial charge < -0.3 is 4.40 Å². The summed E-state index contributed by atoms with van der Waals surface area (Å²) in [6.45, 7) is 2.12. The minimum atomic E-state index is 0.0649. The number of aryl methyl sites for hydroxylation is 1. The van der Waals surface area contributed by atoms with Crippen LogP contribution in [-0.4, -0.2) is 10.2 Å². The molecule has 2 heterocycles. The van der Waals surface area contributed by atoms with E-state index in [9.17, 15) is 4.79 Å². The van der Waals surface area contributed by atoms with Gasteiger partial charge in [-0.15, -0.1) is 0 Å². The van der Waals surface area contributed by atoms with E-state index in [-0.39, 0.29) is 5.78 Å². The number of ketones is 1. The third-order valence-electron chi connectivity index (χ3n) is 4.40. The van der Waals surface area contributed by atoms with Gasteiger partial charge in [-0.25, -0.2) is 0 Å². The second kappa shape index (κ2) is 5.40. The van der Waals surface area contributed by atoms with E-state index < -0.39 is 0 Å². The minimum absolute atomic E-state index is 0.0649. The smallest absolute Gasteiger partial charge is 0.210 e. The normalized spacial score (nSPS) is 11.2. The van der Waals surface area contributed by atoms with Crippen molar-refractivity contribution in [2.75, 3.05) is 0 Å². The number of fused-ring (bicyclic) bond motifs is 3. The Hall–Kier alpha value is -2.87. The second-order valence-electron chi connectivity index (χ2n) is 5.73. The van der Waals surface area contributed by atoms with Crippen molar-refractivity contribution < 1.29 is 4.79 Å². The third-order valence-corrected chi connectivity index (χ3v) is 4.40. The van der Waals surface area contributed by atoms with Gasteiger partial charge in [0.15, 0.2) is 0 Å². The molecule has 0 aliphatic heterocycles. The number of carbonyl (C=O) groups excluding carboxylic acids is 1. The zero-order valence-electron chi connectivity index (χ0n) is 13.0. The molecule has 2 heteroatoms. The number of pyridine rings is 1. The molecule has 0 saturated carbocycles. The first-order valence-electron chi connectivity index (χ1n) is 7.91. The van der Waals surface area contributed by atoms with Gasteiger partial charge in [-0.1, -0.05) is 61.5 Å². The number of hydrogen-bond donors (Lipinski definition) is 0. The fourth-order valence-electron chi connectivity index (χ4n) is 3.16. The summed E-state index contributed by atoms with van der Waals surface area (Å²) in [5.41, 5.74) is 3.78. The second-order valence-corrected chi connectivity index (χ2v) is 5.73. The van der Waals surface area contributed by atoms with Crippen molar-refractivity contribution in [3.63, 3.8) is 0 Å². The number of carbonyl (C=O) groups is 1. The van der Waals surface area contributed by atoms with Crippen LogP contribution in [0.15, 0.2) is 72.9 Å². The summed E-state index contributed by atoms with van der Waals surface area (Å²) in [6, 6.07) is 22.0. The zero-order valence-corrected chi connectivity index (χ0v) is 13.0. The van der Waals surface area contributed by atoms with Crippen molar-refractivity contribution in [1.29, 1.82) is 0 Å². The molecule has 0 fully saturated rings. The van der Waals surface area contributed by atoms with Crippen LogP contribution in [0.1, 0.15) is 28.5 Å². The van der Waals surface area contributed by atoms with Crippen molar-refractivity contribution in [2.45, 2.75) is 13.3 Å². The van der Waals surface area contributed by atoms with E-state index in [4.69, 9.17) is 0 Å². The lowest BCUT2D eigenvalue weighted by molar-refractivity contribution is 0.103. The lowest BCUT2D eigenvalue weighted by Gasteiger charge is -2.04. The quantitative estimate of drug-likeness (QED) is 0.494. The van der Waals surface area contributed by atoms with Gasteiger partial charge in [0.2, 0.25) is 5.78 Å². The Morgan fingerprint density at radius 1 is 0.870 bits per heavy atom. The van der Waals surface area contributed by atoms with Crippen molar-refractivity contribution in [3.05, 3.63) is 89.7 Å². The SMILES string of the molecule is CCc1ccc(C(=O)c2c3ccccc3c3ccccn23)cc1. The first-order chi connectivity index (χ1) is 11.3. The van der Waals surface area contributed by atoms with Crippen LogP contribution in [0.2, 0.25) is 0 Å². The first kappa shape index (κ1) is 13.8. The summed E-state index contributed by atoms with van der Waals surface area (Å²) >= 11 is 0. The molecule has 0 radical (unpaired) electrons. The average Bonchev–Trinajstić information content (AvgIpc) is 2.96. The van der Waals surface area contributed by atoms with Crippen LogP contribution >= 0.6 is 0 Å². The number of aromatic nitrogens is 1. The topological polar surface area (TPSA) is 21.5 Å². The highest BCUT2D eigenvalue weighted by Crippen LogP contribution is 2.28. The van der Waals surface area contributed by atoms with E-state index >= 15 is 0 Å². The van der Waals surface area contributed by atoms with Gasteiger partial charge in [-0.2, -0.15) is 0 Å². The molecule has 0 aliphatic carbocycles. The highest BCUT2D eigenvalue weighted by Gasteiger charge is 2.18. The Kier molecular flexibility index (Phi) is 3.23. The number of rotatable bonds is 3. The fourth-order valence-corrected chi connectivity index (χ4v) is 3.16. The predicted molar refractivity (Wildman–Crippen MR) is 94.2 cm³/mol. The van der Waals surface area contributed by atoms with Crippen LogP contribution in [0.3, 0.4) is 0 Å². The van der Waals surface area contributed by atoms with Gasteiger partial charge in [0, 0.05) is 22.5 Å². The molecule has 4 aromatic rings. The Bertz CT molecular complexity index is 956. The van der Waals surface area contributed by atoms with Crippen molar-refractivity contribution >= 4 is 22.1 Å². The maximum Gasteiger partial charge on any atom is 0.210 e. The lowest BCUT2D eigenvalue weighted by Crippen LogP contribution is -2.05. The van der Waals surface area contributed by atoms with E-state index in [0.29, 0.717) is 0 Å². The van der Waals surface area contributed by atoms with Crippen LogP contribution in [0.25, 0.3) is 16.3 Å². The molecular weight excluding hydrogens is 282 g/mol. The molecule has 0 saturated heterocycles. The van der Waals surface area contributed by atoms with Crippen LogP contribution in [0.5, 0.6) is 0 Å². The van der Waals surface area contributed by atoms with Gasteiger partial charge >= 0.3 is 0 Å². The standard InChI is InChI=1S/C21H17NO/c1-2-15-10-12-16(13-11-15)21(23)20-18-8-4-3-7-17(18)19-9-5-6-14-22(19)20/h3-14H,2H2,1H3. The molecule has 0 atom stereocenters. The van der Waals surface area contributed by atoms with E-state index in [1.54, 1.807) is 0 Å². The molecule has 0 N–H and O–H groups in total. The largest absolute Gasteiger partial charge is 0.313 e. The number of hydrogen-bond acceptors (Lipinski definition) is 1. The predicted octanol–water partition coefficient (Wildman–Crippen LogP) is 4.89. The molecule has 4 rings (SSSR count). The molecule has 2 aromatic heterocycles. The Morgan fingerprint density at radius 3 is 2.30 bits per heavy atom. The lowest BCUT2D eigenvalue weighted by atomic mass is 10.0. The maximum absolute atomic E-state index is 13.1. The summed E-state index contributed by atoms with van der Waals surface area (Å²) in [7, 11) is 0. The summed E-state index contributed by atoms with van der Waals surface area (Å²) in [5.74, 6) is 0.0649. The molecule has 0 unspecified atom stereocenters. The van der Waals surface area contributed by atoms with Crippen LogP contribution < -0.4 is 0 Å². The monoisotopic (exact) mass is 299 g/mol. The minimum Gasteiger partial charge on any atom is -0.313 e.